The van der Waals surface area contributed by atoms with E-state index in [9.17, 15) is 27.2 Å². The smallest absolute Gasteiger partial charge is 0.437 e. The lowest BCUT2D eigenvalue weighted by atomic mass is 9.86. The summed E-state index contributed by atoms with van der Waals surface area (Å²) in [5, 5.41) is 2.90. The second-order valence-electron chi connectivity index (χ2n) is 10.4. The lowest BCUT2D eigenvalue weighted by Gasteiger charge is -2.40. The number of guanidine groups is 1. The molecular weight excluding hydrogens is 525 g/mol. The molecule has 1 aliphatic rings. The molecule has 0 unspecified atom stereocenters. The Morgan fingerprint density at radius 1 is 1.15 bits per heavy atom. The third kappa shape index (κ3) is 5.17. The predicted molar refractivity (Wildman–Crippen MR) is 132 cm³/mol. The SMILES string of the molecule is Cc1nc2ccc(F)c(C(F)(F)F)c2n1-c1cccc([C@]2(C)CC(=O)N(C)/C(=N/C(=O)OC(C)(C)C)N2)c1F. The van der Waals surface area contributed by atoms with Gasteiger partial charge in [0.25, 0.3) is 0 Å². The Hall–Kier alpha value is -4.03. The summed E-state index contributed by atoms with van der Waals surface area (Å²) in [4.78, 5) is 34.2. The summed E-state index contributed by atoms with van der Waals surface area (Å²) in [6.07, 6.45) is -6.34. The van der Waals surface area contributed by atoms with Crippen molar-refractivity contribution in [3.8, 4) is 5.69 Å². The van der Waals surface area contributed by atoms with Crippen LogP contribution in [0.2, 0.25) is 0 Å². The summed E-state index contributed by atoms with van der Waals surface area (Å²) in [7, 11) is 1.37. The van der Waals surface area contributed by atoms with Crippen LogP contribution in [-0.2, 0) is 21.2 Å². The van der Waals surface area contributed by atoms with Crippen LogP contribution in [-0.4, -0.2) is 45.1 Å². The predicted octanol–water partition coefficient (Wildman–Crippen LogP) is 5.59. The van der Waals surface area contributed by atoms with Gasteiger partial charge in [-0.3, -0.25) is 14.3 Å². The van der Waals surface area contributed by atoms with Crippen LogP contribution in [0.25, 0.3) is 16.7 Å². The number of carbonyl (C=O) groups excluding carboxylic acids is 2. The van der Waals surface area contributed by atoms with E-state index >= 15 is 4.39 Å². The minimum atomic E-state index is -5.08. The fraction of sp³-hybridized carbons (Fsp3) is 0.385. The first-order chi connectivity index (χ1) is 17.9. The number of amides is 2. The first-order valence-corrected chi connectivity index (χ1v) is 11.8. The Labute approximate surface area is 220 Å². The standard InChI is InChI=1S/C26H26F5N5O3/c1-13-32-16-11-10-15(27)19(26(29,30)31)21(16)36(13)17-9-7-8-14(20(17)28)25(5)12-18(37)35(6)22(34-25)33-23(38)39-24(2,3)4/h7-11H,12H2,1-6H3,(H,33,34,38)/t25-/m0/s1. The number of rotatable bonds is 2. The van der Waals surface area contributed by atoms with Crippen LogP contribution in [0.1, 0.15) is 51.1 Å². The molecule has 1 aliphatic heterocycles. The number of aliphatic imine (C=N–C) groups is 1. The topological polar surface area (TPSA) is 88.8 Å². The van der Waals surface area contributed by atoms with Crippen molar-refractivity contribution in [1.82, 2.24) is 19.8 Å². The van der Waals surface area contributed by atoms with Crippen LogP contribution in [0.4, 0.5) is 26.7 Å². The zero-order valence-electron chi connectivity index (χ0n) is 22.0. The van der Waals surface area contributed by atoms with Crippen LogP contribution in [0.15, 0.2) is 35.3 Å². The number of imidazole rings is 1. The number of fused-ring (bicyclic) bond motifs is 1. The maximum Gasteiger partial charge on any atom is 0.437 e. The Kier molecular flexibility index (Phi) is 6.68. The van der Waals surface area contributed by atoms with Crippen molar-refractivity contribution in [3.05, 3.63) is 58.9 Å². The summed E-state index contributed by atoms with van der Waals surface area (Å²) < 4.78 is 78.3. The zero-order chi connectivity index (χ0) is 29.1. The molecule has 0 bridgehead atoms. The molecule has 0 radical (unpaired) electrons. The number of aryl methyl sites for hydroxylation is 1. The van der Waals surface area contributed by atoms with Crippen LogP contribution in [0.5, 0.6) is 0 Å². The number of halogens is 5. The van der Waals surface area contributed by atoms with Gasteiger partial charge in [0.05, 0.1) is 28.7 Å². The summed E-state index contributed by atoms with van der Waals surface area (Å²) in [5.41, 5.74) is -5.13. The van der Waals surface area contributed by atoms with E-state index in [0.29, 0.717) is 6.07 Å². The Bertz CT molecular complexity index is 1520. The van der Waals surface area contributed by atoms with E-state index in [-0.39, 0.29) is 35.0 Å². The van der Waals surface area contributed by atoms with E-state index in [1.165, 1.54) is 39.1 Å². The average Bonchev–Trinajstić information content (AvgIpc) is 3.10. The van der Waals surface area contributed by atoms with Crippen molar-refractivity contribution in [3.63, 3.8) is 0 Å². The molecule has 0 aliphatic carbocycles. The van der Waals surface area contributed by atoms with Crippen molar-refractivity contribution < 1.29 is 36.3 Å². The van der Waals surface area contributed by atoms with Gasteiger partial charge >= 0.3 is 12.3 Å². The Morgan fingerprint density at radius 2 is 1.82 bits per heavy atom. The lowest BCUT2D eigenvalue weighted by molar-refractivity contribution is -0.138. The molecule has 1 N–H and O–H groups in total. The van der Waals surface area contributed by atoms with E-state index in [4.69, 9.17) is 4.74 Å². The highest BCUT2D eigenvalue weighted by Crippen LogP contribution is 2.40. The van der Waals surface area contributed by atoms with Gasteiger partial charge in [-0.2, -0.15) is 13.2 Å². The van der Waals surface area contributed by atoms with Gasteiger partial charge in [0.15, 0.2) is 5.82 Å². The quantitative estimate of drug-likeness (QED) is 0.420. The molecule has 1 aromatic heterocycles. The molecule has 1 fully saturated rings. The van der Waals surface area contributed by atoms with Crippen LogP contribution in [0, 0.1) is 18.6 Å². The number of nitrogens with zero attached hydrogens (tertiary/aromatic N) is 4. The molecule has 4 rings (SSSR count). The highest BCUT2D eigenvalue weighted by Gasteiger charge is 2.42. The monoisotopic (exact) mass is 551 g/mol. The molecule has 2 aromatic carbocycles. The van der Waals surface area contributed by atoms with Gasteiger partial charge < -0.3 is 10.1 Å². The van der Waals surface area contributed by atoms with E-state index in [0.717, 1.165) is 15.5 Å². The van der Waals surface area contributed by atoms with Gasteiger partial charge in [-0.25, -0.2) is 18.6 Å². The molecule has 1 saturated heterocycles. The van der Waals surface area contributed by atoms with Gasteiger partial charge in [-0.15, -0.1) is 4.99 Å². The number of ether oxygens (including phenoxy) is 1. The minimum Gasteiger partial charge on any atom is -0.442 e. The average molecular weight is 552 g/mol. The fourth-order valence-electron chi connectivity index (χ4n) is 4.49. The lowest BCUT2D eigenvalue weighted by Crippen LogP contribution is -2.59. The number of aromatic nitrogens is 2. The molecule has 39 heavy (non-hydrogen) atoms. The first kappa shape index (κ1) is 28.0. The van der Waals surface area contributed by atoms with Crippen LogP contribution >= 0.6 is 0 Å². The summed E-state index contributed by atoms with van der Waals surface area (Å²) in [6.45, 7) is 7.77. The molecule has 2 heterocycles. The number of nitrogens with one attached hydrogen (secondary N) is 1. The normalized spacial score (nSPS) is 19.5. The molecule has 2 amide bonds. The third-order valence-electron chi connectivity index (χ3n) is 6.21. The second-order valence-corrected chi connectivity index (χ2v) is 10.4. The van der Waals surface area contributed by atoms with Crippen molar-refractivity contribution in [1.29, 1.82) is 0 Å². The number of benzene rings is 2. The van der Waals surface area contributed by atoms with Gasteiger partial charge in [0.1, 0.15) is 22.8 Å². The number of alkyl halides is 3. The van der Waals surface area contributed by atoms with Gasteiger partial charge in [-0.05, 0) is 52.8 Å². The summed E-state index contributed by atoms with van der Waals surface area (Å²) in [6, 6.07) is 5.73. The van der Waals surface area contributed by atoms with E-state index < -0.39 is 52.0 Å². The van der Waals surface area contributed by atoms with Gasteiger partial charge in [0.2, 0.25) is 11.9 Å². The second kappa shape index (κ2) is 9.31. The number of hydrogen-bond donors (Lipinski definition) is 1. The van der Waals surface area contributed by atoms with Crippen LogP contribution < -0.4 is 5.32 Å². The van der Waals surface area contributed by atoms with Crippen molar-refractivity contribution in [2.24, 2.45) is 4.99 Å². The first-order valence-electron chi connectivity index (χ1n) is 11.8. The zero-order valence-corrected chi connectivity index (χ0v) is 22.0. The summed E-state index contributed by atoms with van der Waals surface area (Å²) in [5.74, 6) is -3.21. The van der Waals surface area contributed by atoms with Gasteiger partial charge in [-0.1, -0.05) is 12.1 Å². The molecule has 1 atom stereocenters. The third-order valence-corrected chi connectivity index (χ3v) is 6.21. The molecule has 208 valence electrons. The highest BCUT2D eigenvalue weighted by molar-refractivity contribution is 6.03. The number of hydrogen-bond acceptors (Lipinski definition) is 4. The minimum absolute atomic E-state index is 0.0121. The van der Waals surface area contributed by atoms with Crippen LogP contribution in [0.3, 0.4) is 0 Å². The maximum atomic E-state index is 16.2. The molecule has 3 aromatic rings. The van der Waals surface area contributed by atoms with E-state index in [2.05, 4.69) is 15.3 Å². The maximum absolute atomic E-state index is 16.2. The Balaban J connectivity index is 1.87. The fourth-order valence-corrected chi connectivity index (χ4v) is 4.49. The summed E-state index contributed by atoms with van der Waals surface area (Å²) >= 11 is 0. The highest BCUT2D eigenvalue weighted by atomic mass is 19.4. The van der Waals surface area contributed by atoms with E-state index in [1.54, 1.807) is 20.8 Å². The van der Waals surface area contributed by atoms with Crippen molar-refractivity contribution in [2.75, 3.05) is 7.05 Å². The number of carbonyl (C=O) groups is 2. The van der Waals surface area contributed by atoms with Crippen molar-refractivity contribution in [2.45, 2.75) is 58.4 Å². The van der Waals surface area contributed by atoms with Crippen molar-refractivity contribution >= 4 is 29.0 Å². The Morgan fingerprint density at radius 3 is 2.44 bits per heavy atom. The molecule has 0 saturated carbocycles. The van der Waals surface area contributed by atoms with E-state index in [1.807, 2.05) is 0 Å². The molecule has 0 spiro atoms. The van der Waals surface area contributed by atoms with Gasteiger partial charge in [0, 0.05) is 12.6 Å². The largest absolute Gasteiger partial charge is 0.442 e. The molecule has 13 heteroatoms. The molecule has 8 nitrogen and oxygen atoms in total. The molecular formula is C26H26F5N5O3.